The largest absolute Gasteiger partial charge is 0.475 e. The minimum absolute atomic E-state index is 0.109. The van der Waals surface area contributed by atoms with Crippen molar-refractivity contribution in [2.75, 3.05) is 0 Å². The molecular weight excluding hydrogens is 184 g/mol. The first-order valence-electron chi connectivity index (χ1n) is 4.27. The molecule has 0 saturated carbocycles. The van der Waals surface area contributed by atoms with Crippen LogP contribution in [-0.4, -0.2) is 27.6 Å². The van der Waals surface area contributed by atoms with E-state index in [-0.39, 0.29) is 6.42 Å². The molecule has 14 heavy (non-hydrogen) atoms. The summed E-state index contributed by atoms with van der Waals surface area (Å²) >= 11 is 0. The average molecular weight is 196 g/mol. The molecule has 0 aromatic carbocycles. The van der Waals surface area contributed by atoms with Gasteiger partial charge >= 0.3 is 5.97 Å². The normalized spacial score (nSPS) is 25.7. The average Bonchev–Trinajstić information content (AvgIpc) is 2.08. The van der Waals surface area contributed by atoms with Crippen LogP contribution in [0, 0.1) is 0 Å². The highest BCUT2D eigenvalue weighted by atomic mass is 16.4. The number of rotatable bonds is 3. The Morgan fingerprint density at radius 2 is 2.21 bits per heavy atom. The minimum Gasteiger partial charge on any atom is -0.475 e. The topological polar surface area (TPSA) is 74.6 Å². The SMILES string of the molecule is CC1(O)C=CC(CC(=O)C(=O)O)=CC1. The number of hydrogen-bond acceptors (Lipinski definition) is 3. The second-order valence-corrected chi connectivity index (χ2v) is 3.58. The van der Waals surface area contributed by atoms with Gasteiger partial charge in [0.2, 0.25) is 5.78 Å². The maximum atomic E-state index is 10.8. The Labute approximate surface area is 81.6 Å². The molecule has 0 spiro atoms. The third-order valence-corrected chi connectivity index (χ3v) is 2.04. The molecule has 0 saturated heterocycles. The van der Waals surface area contributed by atoms with E-state index in [1.165, 1.54) is 0 Å². The van der Waals surface area contributed by atoms with Crippen LogP contribution in [0.25, 0.3) is 0 Å². The summed E-state index contributed by atoms with van der Waals surface area (Å²) < 4.78 is 0. The molecule has 1 unspecified atom stereocenters. The van der Waals surface area contributed by atoms with Crippen LogP contribution < -0.4 is 0 Å². The molecule has 76 valence electrons. The molecule has 0 bridgehead atoms. The first kappa shape index (κ1) is 10.7. The molecule has 1 rings (SSSR count). The van der Waals surface area contributed by atoms with E-state index in [0.29, 0.717) is 12.0 Å². The maximum Gasteiger partial charge on any atom is 0.372 e. The van der Waals surface area contributed by atoms with Gasteiger partial charge in [0.25, 0.3) is 0 Å². The number of allylic oxidation sites excluding steroid dienone is 2. The molecule has 4 heteroatoms. The summed E-state index contributed by atoms with van der Waals surface area (Å²) in [7, 11) is 0. The van der Waals surface area contributed by atoms with Gasteiger partial charge in [0.1, 0.15) is 0 Å². The lowest BCUT2D eigenvalue weighted by atomic mass is 9.92. The zero-order chi connectivity index (χ0) is 10.8. The van der Waals surface area contributed by atoms with Crippen LogP contribution in [0.4, 0.5) is 0 Å². The van der Waals surface area contributed by atoms with Crippen molar-refractivity contribution in [1.29, 1.82) is 0 Å². The van der Waals surface area contributed by atoms with E-state index in [4.69, 9.17) is 5.11 Å². The third kappa shape index (κ3) is 2.81. The summed E-state index contributed by atoms with van der Waals surface area (Å²) in [6.07, 6.45) is 5.14. The van der Waals surface area contributed by atoms with E-state index in [1.807, 2.05) is 0 Å². The van der Waals surface area contributed by atoms with Crippen molar-refractivity contribution in [3.05, 3.63) is 23.8 Å². The first-order chi connectivity index (χ1) is 6.41. The molecule has 0 aromatic rings. The Hall–Kier alpha value is -1.42. The van der Waals surface area contributed by atoms with Gasteiger partial charge in [0, 0.05) is 6.42 Å². The summed E-state index contributed by atoms with van der Waals surface area (Å²) in [4.78, 5) is 21.1. The number of carbonyl (C=O) groups is 2. The third-order valence-electron chi connectivity index (χ3n) is 2.04. The minimum atomic E-state index is -1.42. The number of hydrogen-bond donors (Lipinski definition) is 2. The molecule has 0 aliphatic heterocycles. The summed E-state index contributed by atoms with van der Waals surface area (Å²) in [5.74, 6) is -2.25. The highest BCUT2D eigenvalue weighted by Gasteiger charge is 2.20. The lowest BCUT2D eigenvalue weighted by Crippen LogP contribution is -2.22. The summed E-state index contributed by atoms with van der Waals surface area (Å²) in [6.45, 7) is 1.65. The zero-order valence-corrected chi connectivity index (χ0v) is 7.86. The van der Waals surface area contributed by atoms with Gasteiger partial charge in [-0.25, -0.2) is 4.79 Å². The fourth-order valence-corrected chi connectivity index (χ4v) is 1.15. The fourth-order valence-electron chi connectivity index (χ4n) is 1.15. The van der Waals surface area contributed by atoms with Gasteiger partial charge in [0.05, 0.1) is 5.60 Å². The van der Waals surface area contributed by atoms with E-state index in [1.54, 1.807) is 25.2 Å². The highest BCUT2D eigenvalue weighted by molar-refractivity contribution is 6.33. The maximum absolute atomic E-state index is 10.8. The summed E-state index contributed by atoms with van der Waals surface area (Å²) in [5, 5.41) is 17.9. The molecule has 0 fully saturated rings. The predicted molar refractivity (Wildman–Crippen MR) is 49.7 cm³/mol. The number of Topliss-reactive ketones (excluding diaryl/α,β-unsaturated/α-hetero) is 1. The van der Waals surface area contributed by atoms with E-state index >= 15 is 0 Å². The van der Waals surface area contributed by atoms with Gasteiger partial charge in [-0.2, -0.15) is 0 Å². The van der Waals surface area contributed by atoms with Crippen molar-refractivity contribution in [1.82, 2.24) is 0 Å². The van der Waals surface area contributed by atoms with Crippen LogP contribution in [0.3, 0.4) is 0 Å². The van der Waals surface area contributed by atoms with E-state index in [0.717, 1.165) is 0 Å². The quantitative estimate of drug-likeness (QED) is 0.650. The molecule has 0 amide bonds. The predicted octanol–water partition coefficient (Wildman–Crippen LogP) is 0.667. The molecule has 1 atom stereocenters. The summed E-state index contributed by atoms with van der Waals surface area (Å²) in [6, 6.07) is 0. The Kier molecular flexibility index (Phi) is 2.86. The standard InChI is InChI=1S/C10H12O4/c1-10(14)4-2-7(3-5-10)6-8(11)9(12)13/h2-4,14H,5-6H2,1H3,(H,12,13). The molecule has 2 N–H and O–H groups in total. The van der Waals surface area contributed by atoms with Crippen molar-refractivity contribution in [3.8, 4) is 0 Å². The smallest absolute Gasteiger partial charge is 0.372 e. The van der Waals surface area contributed by atoms with Crippen LogP contribution in [0.1, 0.15) is 19.8 Å². The Morgan fingerprint density at radius 1 is 1.57 bits per heavy atom. The number of carboxylic acid groups (broad SMARTS) is 1. The second-order valence-electron chi connectivity index (χ2n) is 3.58. The van der Waals surface area contributed by atoms with Gasteiger partial charge in [0.15, 0.2) is 0 Å². The fraction of sp³-hybridized carbons (Fsp3) is 0.400. The van der Waals surface area contributed by atoms with Crippen molar-refractivity contribution in [2.24, 2.45) is 0 Å². The highest BCUT2D eigenvalue weighted by Crippen LogP contribution is 2.21. The van der Waals surface area contributed by atoms with Crippen LogP contribution in [-0.2, 0) is 9.59 Å². The van der Waals surface area contributed by atoms with Crippen molar-refractivity contribution < 1.29 is 19.8 Å². The van der Waals surface area contributed by atoms with Crippen molar-refractivity contribution >= 4 is 11.8 Å². The number of aliphatic hydroxyl groups is 1. The lowest BCUT2D eigenvalue weighted by molar-refractivity contribution is -0.148. The van der Waals surface area contributed by atoms with E-state index in [2.05, 4.69) is 0 Å². The molecule has 4 nitrogen and oxygen atoms in total. The van der Waals surface area contributed by atoms with Crippen molar-refractivity contribution in [3.63, 3.8) is 0 Å². The van der Waals surface area contributed by atoms with Gasteiger partial charge in [-0.1, -0.05) is 18.2 Å². The van der Waals surface area contributed by atoms with Crippen LogP contribution >= 0.6 is 0 Å². The Bertz CT molecular complexity index is 323. The van der Waals surface area contributed by atoms with Gasteiger partial charge in [-0.15, -0.1) is 0 Å². The number of carbonyl (C=O) groups excluding carboxylic acids is 1. The molecular formula is C10H12O4. The molecule has 1 aliphatic rings. The van der Waals surface area contributed by atoms with E-state index < -0.39 is 17.4 Å². The van der Waals surface area contributed by atoms with Gasteiger partial charge in [-0.3, -0.25) is 4.79 Å². The number of ketones is 1. The summed E-state index contributed by atoms with van der Waals surface area (Å²) in [5.41, 5.74) is -0.237. The Balaban J connectivity index is 2.59. The number of aliphatic carboxylic acids is 1. The van der Waals surface area contributed by atoms with Gasteiger partial charge < -0.3 is 10.2 Å². The first-order valence-corrected chi connectivity index (χ1v) is 4.27. The second kappa shape index (κ2) is 3.75. The van der Waals surface area contributed by atoms with E-state index in [9.17, 15) is 14.7 Å². The molecule has 0 radical (unpaired) electrons. The monoisotopic (exact) mass is 196 g/mol. The van der Waals surface area contributed by atoms with Crippen LogP contribution in [0.2, 0.25) is 0 Å². The van der Waals surface area contributed by atoms with Crippen LogP contribution in [0.5, 0.6) is 0 Å². The molecule has 0 heterocycles. The molecule has 0 aromatic heterocycles. The molecule has 1 aliphatic carbocycles. The van der Waals surface area contributed by atoms with Gasteiger partial charge in [-0.05, 0) is 18.9 Å². The Morgan fingerprint density at radius 3 is 2.64 bits per heavy atom. The zero-order valence-electron chi connectivity index (χ0n) is 7.86. The van der Waals surface area contributed by atoms with Crippen LogP contribution in [0.15, 0.2) is 23.8 Å². The van der Waals surface area contributed by atoms with Crippen molar-refractivity contribution in [2.45, 2.75) is 25.4 Å². The lowest BCUT2D eigenvalue weighted by Gasteiger charge is -2.20. The number of carboxylic acids is 1.